The van der Waals surface area contributed by atoms with Gasteiger partial charge in [0.25, 0.3) is 0 Å². The molecule has 0 aromatic heterocycles. The molecule has 0 aliphatic carbocycles. The molecule has 0 saturated carbocycles. The fourth-order valence-corrected chi connectivity index (χ4v) is 1.62. The lowest BCUT2D eigenvalue weighted by Gasteiger charge is -2.22. The third-order valence-electron chi connectivity index (χ3n) is 2.60. The Morgan fingerprint density at radius 1 is 1.35 bits per heavy atom. The van der Waals surface area contributed by atoms with Crippen molar-refractivity contribution in [2.45, 2.75) is 26.3 Å². The highest BCUT2D eigenvalue weighted by molar-refractivity contribution is 5.85. The summed E-state index contributed by atoms with van der Waals surface area (Å²) in [6.07, 6.45) is 0.882. The first-order chi connectivity index (χ1) is 7.65. The van der Waals surface area contributed by atoms with E-state index in [1.165, 1.54) is 5.56 Å². The SMILES string of the molecule is CCN(CCc1ccccc1)C(=O)[C@H](C)N.Cl. The molecule has 4 heteroatoms. The molecule has 0 spiro atoms. The Kier molecular flexibility index (Phi) is 7.59. The summed E-state index contributed by atoms with van der Waals surface area (Å²) in [6.45, 7) is 5.16. The van der Waals surface area contributed by atoms with Crippen molar-refractivity contribution in [1.82, 2.24) is 4.90 Å². The van der Waals surface area contributed by atoms with Gasteiger partial charge < -0.3 is 10.6 Å². The number of hydrogen-bond donors (Lipinski definition) is 1. The molecule has 1 aromatic carbocycles. The highest BCUT2D eigenvalue weighted by Crippen LogP contribution is 2.02. The summed E-state index contributed by atoms with van der Waals surface area (Å²) in [5, 5.41) is 0. The van der Waals surface area contributed by atoms with Crippen LogP contribution in [-0.4, -0.2) is 29.9 Å². The highest BCUT2D eigenvalue weighted by atomic mass is 35.5. The molecular weight excluding hydrogens is 236 g/mol. The molecule has 96 valence electrons. The molecule has 0 aliphatic rings. The lowest BCUT2D eigenvalue weighted by Crippen LogP contribution is -2.42. The number of carbonyl (C=O) groups is 1. The fourth-order valence-electron chi connectivity index (χ4n) is 1.62. The maximum atomic E-state index is 11.7. The summed E-state index contributed by atoms with van der Waals surface area (Å²) in [5.41, 5.74) is 6.84. The molecule has 1 amide bonds. The Morgan fingerprint density at radius 3 is 2.41 bits per heavy atom. The van der Waals surface area contributed by atoms with Crippen molar-refractivity contribution < 1.29 is 4.79 Å². The largest absolute Gasteiger partial charge is 0.341 e. The van der Waals surface area contributed by atoms with Crippen LogP contribution in [-0.2, 0) is 11.2 Å². The zero-order valence-electron chi connectivity index (χ0n) is 10.4. The number of nitrogens with two attached hydrogens (primary N) is 1. The Morgan fingerprint density at radius 2 is 1.94 bits per heavy atom. The highest BCUT2D eigenvalue weighted by Gasteiger charge is 2.14. The van der Waals surface area contributed by atoms with E-state index >= 15 is 0 Å². The van der Waals surface area contributed by atoms with E-state index in [-0.39, 0.29) is 18.3 Å². The van der Waals surface area contributed by atoms with Crippen molar-refractivity contribution in [3.8, 4) is 0 Å². The summed E-state index contributed by atoms with van der Waals surface area (Å²) in [6, 6.07) is 9.76. The number of likely N-dealkylation sites (N-methyl/N-ethyl adjacent to an activating group) is 1. The summed E-state index contributed by atoms with van der Waals surface area (Å²) < 4.78 is 0. The Labute approximate surface area is 109 Å². The lowest BCUT2D eigenvalue weighted by molar-refractivity contribution is -0.131. The van der Waals surface area contributed by atoms with E-state index in [0.29, 0.717) is 6.54 Å². The second-order valence-electron chi connectivity index (χ2n) is 3.94. The van der Waals surface area contributed by atoms with Crippen LogP contribution in [0.15, 0.2) is 30.3 Å². The minimum absolute atomic E-state index is 0. The van der Waals surface area contributed by atoms with Gasteiger partial charge in [-0.15, -0.1) is 12.4 Å². The monoisotopic (exact) mass is 256 g/mol. The van der Waals surface area contributed by atoms with Gasteiger partial charge in [-0.1, -0.05) is 30.3 Å². The first-order valence-corrected chi connectivity index (χ1v) is 5.73. The maximum Gasteiger partial charge on any atom is 0.239 e. The molecule has 1 aromatic rings. The van der Waals surface area contributed by atoms with Gasteiger partial charge in [-0.3, -0.25) is 4.79 Å². The predicted molar refractivity (Wildman–Crippen MR) is 73.3 cm³/mol. The van der Waals surface area contributed by atoms with Crippen LogP contribution in [0.4, 0.5) is 0 Å². The molecule has 17 heavy (non-hydrogen) atoms. The third kappa shape index (κ3) is 5.20. The Hall–Kier alpha value is -1.06. The molecule has 1 atom stereocenters. The molecule has 0 unspecified atom stereocenters. The van der Waals surface area contributed by atoms with E-state index in [4.69, 9.17) is 5.73 Å². The van der Waals surface area contributed by atoms with E-state index in [1.54, 1.807) is 11.8 Å². The Balaban J connectivity index is 0.00000256. The zero-order valence-corrected chi connectivity index (χ0v) is 11.2. The van der Waals surface area contributed by atoms with Crippen LogP contribution in [0.3, 0.4) is 0 Å². The second-order valence-corrected chi connectivity index (χ2v) is 3.94. The van der Waals surface area contributed by atoms with Gasteiger partial charge in [-0.05, 0) is 25.8 Å². The van der Waals surface area contributed by atoms with Crippen LogP contribution >= 0.6 is 12.4 Å². The topological polar surface area (TPSA) is 46.3 Å². The Bertz CT molecular complexity index is 327. The first kappa shape index (κ1) is 15.9. The van der Waals surface area contributed by atoms with Crippen molar-refractivity contribution in [2.24, 2.45) is 5.73 Å². The summed E-state index contributed by atoms with van der Waals surface area (Å²) in [7, 11) is 0. The van der Waals surface area contributed by atoms with E-state index in [2.05, 4.69) is 12.1 Å². The minimum Gasteiger partial charge on any atom is -0.341 e. The number of nitrogens with zero attached hydrogens (tertiary/aromatic N) is 1. The molecule has 3 nitrogen and oxygen atoms in total. The number of hydrogen-bond acceptors (Lipinski definition) is 2. The van der Waals surface area contributed by atoms with Gasteiger partial charge in [0.05, 0.1) is 6.04 Å². The molecule has 0 radical (unpaired) electrons. The average molecular weight is 257 g/mol. The molecule has 0 bridgehead atoms. The van der Waals surface area contributed by atoms with E-state index in [0.717, 1.165) is 13.0 Å². The van der Waals surface area contributed by atoms with Gasteiger partial charge in [0.15, 0.2) is 0 Å². The quantitative estimate of drug-likeness (QED) is 0.874. The predicted octanol–water partition coefficient (Wildman–Crippen LogP) is 1.85. The summed E-state index contributed by atoms with van der Waals surface area (Å²) >= 11 is 0. The molecular formula is C13H21ClN2O. The number of amides is 1. The number of benzene rings is 1. The molecule has 0 saturated heterocycles. The van der Waals surface area contributed by atoms with E-state index in [9.17, 15) is 4.79 Å². The number of carbonyl (C=O) groups excluding carboxylic acids is 1. The van der Waals surface area contributed by atoms with Gasteiger partial charge in [-0.25, -0.2) is 0 Å². The molecule has 0 aliphatic heterocycles. The average Bonchev–Trinajstić information content (AvgIpc) is 2.30. The van der Waals surface area contributed by atoms with Gasteiger partial charge in [0.1, 0.15) is 0 Å². The van der Waals surface area contributed by atoms with Crippen LogP contribution in [0.2, 0.25) is 0 Å². The number of rotatable bonds is 5. The first-order valence-electron chi connectivity index (χ1n) is 5.73. The van der Waals surface area contributed by atoms with Crippen LogP contribution in [0.1, 0.15) is 19.4 Å². The van der Waals surface area contributed by atoms with E-state index < -0.39 is 6.04 Å². The van der Waals surface area contributed by atoms with Crippen LogP contribution in [0.25, 0.3) is 0 Å². The zero-order chi connectivity index (χ0) is 12.0. The third-order valence-corrected chi connectivity index (χ3v) is 2.60. The van der Waals surface area contributed by atoms with Gasteiger partial charge in [0.2, 0.25) is 5.91 Å². The maximum absolute atomic E-state index is 11.7. The summed E-state index contributed by atoms with van der Waals surface area (Å²) in [4.78, 5) is 13.5. The standard InChI is InChI=1S/C13H20N2O.ClH/c1-3-15(13(16)11(2)14)10-9-12-7-5-4-6-8-12;/h4-8,11H,3,9-10,14H2,1-2H3;1H/t11-;/m0./s1. The fraction of sp³-hybridized carbons (Fsp3) is 0.462. The van der Waals surface area contributed by atoms with E-state index in [1.807, 2.05) is 25.1 Å². The number of halogens is 1. The van der Waals surface area contributed by atoms with Gasteiger partial charge in [-0.2, -0.15) is 0 Å². The molecule has 0 fully saturated rings. The molecule has 0 heterocycles. The normalized spacial score (nSPS) is 11.5. The summed E-state index contributed by atoms with van der Waals surface area (Å²) in [5.74, 6) is 0.0263. The molecule has 1 rings (SSSR count). The van der Waals surface area contributed by atoms with Crippen molar-refractivity contribution in [3.63, 3.8) is 0 Å². The van der Waals surface area contributed by atoms with Gasteiger partial charge >= 0.3 is 0 Å². The smallest absolute Gasteiger partial charge is 0.239 e. The van der Waals surface area contributed by atoms with Crippen LogP contribution in [0.5, 0.6) is 0 Å². The van der Waals surface area contributed by atoms with Crippen LogP contribution < -0.4 is 5.73 Å². The second kappa shape index (κ2) is 8.09. The van der Waals surface area contributed by atoms with Crippen molar-refractivity contribution in [2.75, 3.05) is 13.1 Å². The van der Waals surface area contributed by atoms with Crippen molar-refractivity contribution in [1.29, 1.82) is 0 Å². The van der Waals surface area contributed by atoms with Crippen molar-refractivity contribution >= 4 is 18.3 Å². The van der Waals surface area contributed by atoms with Crippen molar-refractivity contribution in [3.05, 3.63) is 35.9 Å². The lowest BCUT2D eigenvalue weighted by atomic mass is 10.1. The molecule has 2 N–H and O–H groups in total. The minimum atomic E-state index is -0.407. The van der Waals surface area contributed by atoms with Crippen LogP contribution in [0, 0.1) is 0 Å². The van der Waals surface area contributed by atoms with Gasteiger partial charge in [0, 0.05) is 13.1 Å².